The molecule has 2 aromatic rings. The molecule has 1 heterocycles. The highest BCUT2D eigenvalue weighted by molar-refractivity contribution is 8.00. The molecule has 1 amide bonds. The molecule has 0 radical (unpaired) electrons. The second kappa shape index (κ2) is 11.8. The third kappa shape index (κ3) is 7.42. The van der Waals surface area contributed by atoms with Crippen molar-refractivity contribution >= 4 is 46.8 Å². The summed E-state index contributed by atoms with van der Waals surface area (Å²) in [5.41, 5.74) is 1.91. The molecule has 31 heavy (non-hydrogen) atoms. The van der Waals surface area contributed by atoms with E-state index < -0.39 is 0 Å². The molecule has 0 aromatic heterocycles. The number of hydrogen-bond acceptors (Lipinski definition) is 5. The second-order valence-electron chi connectivity index (χ2n) is 7.48. The van der Waals surface area contributed by atoms with Crippen LogP contribution in [0.25, 0.3) is 0 Å². The number of halogens is 2. The number of aryl methyl sites for hydroxylation is 1. The lowest BCUT2D eigenvalue weighted by atomic mass is 10.2. The molecule has 0 aliphatic carbocycles. The molecule has 1 fully saturated rings. The summed E-state index contributed by atoms with van der Waals surface area (Å²) in [6.07, 6.45) is 0.823. The SMILES string of the molecule is Cc1cc(SCC(=O)N2CCCN(CC(=O)OCc3ccccc3)CC2)c(Cl)cc1Cl. The number of thioether (sulfide) groups is 1. The van der Waals surface area contributed by atoms with Gasteiger partial charge in [-0.3, -0.25) is 14.5 Å². The Bertz CT molecular complexity index is 911. The monoisotopic (exact) mass is 480 g/mol. The van der Waals surface area contributed by atoms with Crippen molar-refractivity contribution in [3.8, 4) is 0 Å². The molecule has 0 bridgehead atoms. The number of rotatable bonds is 7. The van der Waals surface area contributed by atoms with Crippen molar-refractivity contribution in [2.45, 2.75) is 24.8 Å². The summed E-state index contributed by atoms with van der Waals surface area (Å²) in [7, 11) is 0. The van der Waals surface area contributed by atoms with Gasteiger partial charge in [0, 0.05) is 36.1 Å². The third-order valence-electron chi connectivity index (χ3n) is 5.10. The summed E-state index contributed by atoms with van der Waals surface area (Å²) in [4.78, 5) is 29.7. The Morgan fingerprint density at radius 1 is 1.03 bits per heavy atom. The van der Waals surface area contributed by atoms with Gasteiger partial charge in [0.25, 0.3) is 0 Å². The Morgan fingerprint density at radius 2 is 1.81 bits per heavy atom. The maximum atomic E-state index is 12.7. The molecule has 2 aromatic carbocycles. The van der Waals surface area contributed by atoms with Gasteiger partial charge in [-0.15, -0.1) is 11.8 Å². The summed E-state index contributed by atoms with van der Waals surface area (Å²) >= 11 is 13.8. The van der Waals surface area contributed by atoms with E-state index in [2.05, 4.69) is 0 Å². The maximum Gasteiger partial charge on any atom is 0.320 e. The van der Waals surface area contributed by atoms with Gasteiger partial charge in [0.05, 0.1) is 17.3 Å². The molecule has 0 unspecified atom stereocenters. The summed E-state index contributed by atoms with van der Waals surface area (Å²) in [6.45, 7) is 5.13. The van der Waals surface area contributed by atoms with Crippen LogP contribution in [0, 0.1) is 6.92 Å². The van der Waals surface area contributed by atoms with Gasteiger partial charge >= 0.3 is 5.97 Å². The van der Waals surface area contributed by atoms with E-state index in [0.29, 0.717) is 35.4 Å². The van der Waals surface area contributed by atoms with E-state index in [1.54, 1.807) is 6.07 Å². The maximum absolute atomic E-state index is 12.7. The van der Waals surface area contributed by atoms with Crippen LogP contribution < -0.4 is 0 Å². The number of hydrogen-bond donors (Lipinski definition) is 0. The molecule has 0 spiro atoms. The van der Waals surface area contributed by atoms with E-state index in [1.165, 1.54) is 11.8 Å². The average molecular weight is 481 g/mol. The van der Waals surface area contributed by atoms with Crippen LogP contribution in [0.4, 0.5) is 0 Å². The van der Waals surface area contributed by atoms with Crippen molar-refractivity contribution < 1.29 is 14.3 Å². The topological polar surface area (TPSA) is 49.9 Å². The van der Waals surface area contributed by atoms with Crippen LogP contribution in [0.15, 0.2) is 47.4 Å². The fraction of sp³-hybridized carbons (Fsp3) is 0.391. The van der Waals surface area contributed by atoms with Gasteiger partial charge in [-0.1, -0.05) is 53.5 Å². The van der Waals surface area contributed by atoms with Crippen molar-refractivity contribution in [2.75, 3.05) is 38.5 Å². The Kier molecular flexibility index (Phi) is 9.08. The first kappa shape index (κ1) is 23.9. The molecular formula is C23H26Cl2N2O3S. The molecule has 0 saturated carbocycles. The zero-order valence-electron chi connectivity index (χ0n) is 17.5. The zero-order valence-corrected chi connectivity index (χ0v) is 19.8. The smallest absolute Gasteiger partial charge is 0.320 e. The van der Waals surface area contributed by atoms with Crippen LogP contribution in [0.3, 0.4) is 0 Å². The van der Waals surface area contributed by atoms with Gasteiger partial charge in [0.15, 0.2) is 0 Å². The van der Waals surface area contributed by atoms with Crippen molar-refractivity contribution in [3.05, 3.63) is 63.6 Å². The number of esters is 1. The molecular weight excluding hydrogens is 455 g/mol. The van der Waals surface area contributed by atoms with Crippen LogP contribution >= 0.6 is 35.0 Å². The van der Waals surface area contributed by atoms with E-state index in [-0.39, 0.29) is 25.0 Å². The van der Waals surface area contributed by atoms with Crippen LogP contribution in [-0.2, 0) is 20.9 Å². The first-order valence-electron chi connectivity index (χ1n) is 10.2. The number of benzene rings is 2. The highest BCUT2D eigenvalue weighted by Crippen LogP contribution is 2.32. The van der Waals surface area contributed by atoms with Crippen molar-refractivity contribution in [1.82, 2.24) is 9.80 Å². The minimum Gasteiger partial charge on any atom is -0.460 e. The molecule has 1 aliphatic heterocycles. The Hall–Kier alpha value is -1.73. The number of ether oxygens (including phenoxy) is 1. The molecule has 8 heteroatoms. The zero-order chi connectivity index (χ0) is 22.2. The minimum atomic E-state index is -0.244. The van der Waals surface area contributed by atoms with Crippen molar-refractivity contribution in [1.29, 1.82) is 0 Å². The molecule has 1 aliphatic rings. The molecule has 166 valence electrons. The summed E-state index contributed by atoms with van der Waals surface area (Å²) in [6, 6.07) is 13.3. The average Bonchev–Trinajstić information content (AvgIpc) is 3.00. The largest absolute Gasteiger partial charge is 0.460 e. The lowest BCUT2D eigenvalue weighted by Crippen LogP contribution is -2.37. The highest BCUT2D eigenvalue weighted by Gasteiger charge is 2.21. The highest BCUT2D eigenvalue weighted by atomic mass is 35.5. The van der Waals surface area contributed by atoms with Crippen LogP contribution in [0.1, 0.15) is 17.5 Å². The van der Waals surface area contributed by atoms with E-state index in [4.69, 9.17) is 27.9 Å². The third-order valence-corrected chi connectivity index (χ3v) is 6.97. The van der Waals surface area contributed by atoms with Gasteiger partial charge in [-0.25, -0.2) is 0 Å². The first-order chi connectivity index (χ1) is 14.9. The second-order valence-corrected chi connectivity index (χ2v) is 9.31. The number of nitrogens with zero attached hydrogens (tertiary/aromatic N) is 2. The molecule has 3 rings (SSSR count). The molecule has 1 saturated heterocycles. The van der Waals surface area contributed by atoms with E-state index in [1.807, 2.05) is 53.1 Å². The number of carbonyl (C=O) groups excluding carboxylic acids is 2. The molecule has 0 N–H and O–H groups in total. The van der Waals surface area contributed by atoms with Crippen LogP contribution in [-0.4, -0.2) is 60.2 Å². The van der Waals surface area contributed by atoms with Crippen LogP contribution in [0.2, 0.25) is 10.0 Å². The van der Waals surface area contributed by atoms with Crippen molar-refractivity contribution in [3.63, 3.8) is 0 Å². The normalized spacial score (nSPS) is 14.9. The van der Waals surface area contributed by atoms with Gasteiger partial charge < -0.3 is 9.64 Å². The van der Waals surface area contributed by atoms with Crippen LogP contribution in [0.5, 0.6) is 0 Å². The van der Waals surface area contributed by atoms with Gasteiger partial charge in [0.2, 0.25) is 5.91 Å². The van der Waals surface area contributed by atoms with Gasteiger partial charge in [-0.05, 0) is 36.6 Å². The first-order valence-corrected chi connectivity index (χ1v) is 11.9. The lowest BCUT2D eigenvalue weighted by molar-refractivity contribution is -0.146. The predicted molar refractivity (Wildman–Crippen MR) is 126 cm³/mol. The van der Waals surface area contributed by atoms with E-state index in [9.17, 15) is 9.59 Å². The summed E-state index contributed by atoms with van der Waals surface area (Å²) < 4.78 is 5.38. The van der Waals surface area contributed by atoms with E-state index >= 15 is 0 Å². The van der Waals surface area contributed by atoms with E-state index in [0.717, 1.165) is 29.0 Å². The fourth-order valence-corrected chi connectivity index (χ4v) is 4.78. The number of amides is 1. The minimum absolute atomic E-state index is 0.0715. The summed E-state index contributed by atoms with van der Waals surface area (Å²) in [5, 5.41) is 1.18. The van der Waals surface area contributed by atoms with Crippen molar-refractivity contribution in [2.24, 2.45) is 0 Å². The Morgan fingerprint density at radius 3 is 2.58 bits per heavy atom. The number of carbonyl (C=O) groups is 2. The Balaban J connectivity index is 1.43. The predicted octanol–water partition coefficient (Wildman–Crippen LogP) is 4.67. The summed E-state index contributed by atoms with van der Waals surface area (Å²) in [5.74, 6) is 0.147. The van der Waals surface area contributed by atoms with Gasteiger partial charge in [0.1, 0.15) is 6.61 Å². The quantitative estimate of drug-likeness (QED) is 0.425. The Labute approximate surface area is 197 Å². The van der Waals surface area contributed by atoms with Gasteiger partial charge in [-0.2, -0.15) is 0 Å². The fourth-order valence-electron chi connectivity index (χ4n) is 3.32. The standard InChI is InChI=1S/C23H26Cl2N2O3S/c1-17-12-21(20(25)13-19(17)24)31-16-22(28)27-9-5-8-26(10-11-27)14-23(29)30-15-18-6-3-2-4-7-18/h2-4,6-7,12-13H,5,8-11,14-16H2,1H3. The molecule has 5 nitrogen and oxygen atoms in total. The molecule has 0 atom stereocenters. The lowest BCUT2D eigenvalue weighted by Gasteiger charge is -2.21.